The predicted molar refractivity (Wildman–Crippen MR) is 75.6 cm³/mol. The lowest BCUT2D eigenvalue weighted by Crippen LogP contribution is -2.54. The number of aliphatic hydroxyl groups is 1. The van der Waals surface area contributed by atoms with Crippen LogP contribution >= 0.6 is 0 Å². The molecule has 0 amide bonds. The van der Waals surface area contributed by atoms with Crippen molar-refractivity contribution in [1.82, 2.24) is 4.90 Å². The molecule has 5 nitrogen and oxygen atoms in total. The zero-order valence-electron chi connectivity index (χ0n) is 11.8. The summed E-state index contributed by atoms with van der Waals surface area (Å²) in [6, 6.07) is 5.67. The third-order valence-corrected chi connectivity index (χ3v) is 4.22. The monoisotopic (exact) mass is 296 g/mol. The number of hydrogen-bond donors (Lipinski definition) is 2. The standard InChI is InChI=1S/C15H21FN2O3/c16-10-2-1-3-11(8-10)21-13-9-12(17)14(15(13)19)18-4-6-20-7-5-18/h1-3,8,12-15,19H,4-7,9,17H2/t12-,13-,14+,15+/m1/s1. The summed E-state index contributed by atoms with van der Waals surface area (Å²) < 4.78 is 24.3. The molecular weight excluding hydrogens is 275 g/mol. The molecule has 21 heavy (non-hydrogen) atoms. The molecule has 6 heteroatoms. The largest absolute Gasteiger partial charge is 0.487 e. The molecule has 1 aliphatic carbocycles. The number of halogens is 1. The number of rotatable bonds is 3. The van der Waals surface area contributed by atoms with E-state index in [0.29, 0.717) is 25.4 Å². The number of hydrogen-bond acceptors (Lipinski definition) is 5. The number of benzene rings is 1. The minimum absolute atomic E-state index is 0.132. The van der Waals surface area contributed by atoms with Gasteiger partial charge in [-0.2, -0.15) is 0 Å². The first-order chi connectivity index (χ1) is 10.1. The fraction of sp³-hybridized carbons (Fsp3) is 0.600. The zero-order valence-corrected chi connectivity index (χ0v) is 11.8. The Kier molecular flexibility index (Phi) is 4.40. The highest BCUT2D eigenvalue weighted by Crippen LogP contribution is 2.28. The van der Waals surface area contributed by atoms with Crippen LogP contribution in [0.3, 0.4) is 0 Å². The van der Waals surface area contributed by atoms with Gasteiger partial charge in [-0.25, -0.2) is 4.39 Å². The normalized spacial score (nSPS) is 34.0. The number of nitrogens with two attached hydrogens (primary N) is 1. The predicted octanol–water partition coefficient (Wildman–Crippen LogP) is 0.366. The first-order valence-corrected chi connectivity index (χ1v) is 7.33. The summed E-state index contributed by atoms with van der Waals surface area (Å²) in [6.45, 7) is 2.85. The SMILES string of the molecule is N[C@@H]1C[C@@H](Oc2cccc(F)c2)[C@H](O)[C@H]1N1CCOCC1. The Hall–Kier alpha value is -1.21. The van der Waals surface area contributed by atoms with E-state index < -0.39 is 12.2 Å². The number of nitrogens with zero attached hydrogens (tertiary/aromatic N) is 1. The van der Waals surface area contributed by atoms with Crippen molar-refractivity contribution >= 4 is 0 Å². The maximum atomic E-state index is 13.2. The molecule has 1 saturated carbocycles. The molecule has 3 rings (SSSR count). The molecule has 3 N–H and O–H groups in total. The van der Waals surface area contributed by atoms with Crippen molar-refractivity contribution in [2.75, 3.05) is 26.3 Å². The van der Waals surface area contributed by atoms with E-state index in [1.54, 1.807) is 12.1 Å². The van der Waals surface area contributed by atoms with Gasteiger partial charge in [0.25, 0.3) is 0 Å². The Morgan fingerprint density at radius 2 is 2.10 bits per heavy atom. The maximum Gasteiger partial charge on any atom is 0.128 e. The lowest BCUT2D eigenvalue weighted by Gasteiger charge is -2.36. The van der Waals surface area contributed by atoms with Crippen LogP contribution in [0.25, 0.3) is 0 Å². The van der Waals surface area contributed by atoms with E-state index >= 15 is 0 Å². The Bertz CT molecular complexity index is 482. The van der Waals surface area contributed by atoms with Crippen molar-refractivity contribution in [2.24, 2.45) is 5.73 Å². The molecule has 0 unspecified atom stereocenters. The van der Waals surface area contributed by atoms with Gasteiger partial charge >= 0.3 is 0 Å². The summed E-state index contributed by atoms with van der Waals surface area (Å²) in [7, 11) is 0. The molecule has 0 radical (unpaired) electrons. The van der Waals surface area contributed by atoms with Crippen LogP contribution in [0, 0.1) is 5.82 Å². The van der Waals surface area contributed by atoms with Gasteiger partial charge in [-0.15, -0.1) is 0 Å². The molecule has 116 valence electrons. The average molecular weight is 296 g/mol. The van der Waals surface area contributed by atoms with Crippen LogP contribution in [0.5, 0.6) is 5.75 Å². The molecule has 2 aliphatic rings. The van der Waals surface area contributed by atoms with Crippen LogP contribution < -0.4 is 10.5 Å². The fourth-order valence-corrected chi connectivity index (χ4v) is 3.22. The van der Waals surface area contributed by atoms with Gasteiger partial charge in [0, 0.05) is 31.6 Å². The van der Waals surface area contributed by atoms with E-state index in [4.69, 9.17) is 15.2 Å². The van der Waals surface area contributed by atoms with Gasteiger partial charge in [-0.1, -0.05) is 6.07 Å². The van der Waals surface area contributed by atoms with Crippen LogP contribution in [0.4, 0.5) is 4.39 Å². The Labute approximate surface area is 123 Å². The third-order valence-electron chi connectivity index (χ3n) is 4.22. The topological polar surface area (TPSA) is 68.0 Å². The van der Waals surface area contributed by atoms with Crippen molar-refractivity contribution in [3.8, 4) is 5.75 Å². The summed E-state index contributed by atoms with van der Waals surface area (Å²) in [5.41, 5.74) is 6.18. The zero-order chi connectivity index (χ0) is 14.8. The lowest BCUT2D eigenvalue weighted by molar-refractivity contribution is -0.0336. The molecule has 0 spiro atoms. The minimum atomic E-state index is -0.679. The van der Waals surface area contributed by atoms with Crippen LogP contribution in [0.1, 0.15) is 6.42 Å². The van der Waals surface area contributed by atoms with Crippen molar-refractivity contribution in [3.63, 3.8) is 0 Å². The van der Waals surface area contributed by atoms with Crippen molar-refractivity contribution in [3.05, 3.63) is 30.1 Å². The highest BCUT2D eigenvalue weighted by atomic mass is 19.1. The average Bonchev–Trinajstić information content (AvgIpc) is 2.74. The summed E-state index contributed by atoms with van der Waals surface area (Å²) in [5.74, 6) is 0.0721. The van der Waals surface area contributed by atoms with Gasteiger partial charge in [-0.3, -0.25) is 4.90 Å². The Balaban J connectivity index is 1.67. The smallest absolute Gasteiger partial charge is 0.128 e. The molecular formula is C15H21FN2O3. The van der Waals surface area contributed by atoms with Crippen molar-refractivity contribution in [1.29, 1.82) is 0 Å². The Morgan fingerprint density at radius 3 is 2.81 bits per heavy atom. The van der Waals surface area contributed by atoms with Crippen LogP contribution in [0.15, 0.2) is 24.3 Å². The van der Waals surface area contributed by atoms with Gasteiger partial charge in [-0.05, 0) is 12.1 Å². The molecule has 1 heterocycles. The summed E-state index contributed by atoms with van der Waals surface area (Å²) in [6.07, 6.45) is -0.532. The molecule has 4 atom stereocenters. The quantitative estimate of drug-likeness (QED) is 0.843. The second-order valence-electron chi connectivity index (χ2n) is 5.64. The number of morpholine rings is 1. The van der Waals surface area contributed by atoms with Crippen LogP contribution in [-0.2, 0) is 4.74 Å². The third kappa shape index (κ3) is 3.18. The maximum absolute atomic E-state index is 13.2. The molecule has 1 saturated heterocycles. The van der Waals surface area contributed by atoms with E-state index in [1.807, 2.05) is 0 Å². The van der Waals surface area contributed by atoms with Crippen LogP contribution in [-0.4, -0.2) is 60.6 Å². The van der Waals surface area contributed by atoms with Crippen molar-refractivity contribution < 1.29 is 19.0 Å². The summed E-state index contributed by atoms with van der Waals surface area (Å²) in [5, 5.41) is 10.5. The van der Waals surface area contributed by atoms with Crippen LogP contribution in [0.2, 0.25) is 0 Å². The van der Waals surface area contributed by atoms with E-state index in [9.17, 15) is 9.50 Å². The van der Waals surface area contributed by atoms with Gasteiger partial charge < -0.3 is 20.3 Å². The molecule has 0 bridgehead atoms. The second-order valence-corrected chi connectivity index (χ2v) is 5.64. The van der Waals surface area contributed by atoms with E-state index in [-0.39, 0.29) is 17.9 Å². The molecule has 2 fully saturated rings. The van der Waals surface area contributed by atoms with E-state index in [1.165, 1.54) is 12.1 Å². The van der Waals surface area contributed by atoms with Gasteiger partial charge in [0.2, 0.25) is 0 Å². The molecule has 1 aliphatic heterocycles. The highest BCUT2D eigenvalue weighted by Gasteiger charge is 2.45. The van der Waals surface area contributed by atoms with Gasteiger partial charge in [0.05, 0.1) is 19.3 Å². The number of ether oxygens (including phenoxy) is 2. The molecule has 0 aromatic heterocycles. The summed E-state index contributed by atoms with van der Waals surface area (Å²) >= 11 is 0. The van der Waals surface area contributed by atoms with Gasteiger partial charge in [0.1, 0.15) is 23.8 Å². The minimum Gasteiger partial charge on any atom is -0.487 e. The highest BCUT2D eigenvalue weighted by molar-refractivity contribution is 5.23. The lowest BCUT2D eigenvalue weighted by atomic mass is 10.1. The van der Waals surface area contributed by atoms with E-state index in [2.05, 4.69) is 4.90 Å². The fourth-order valence-electron chi connectivity index (χ4n) is 3.22. The summed E-state index contributed by atoms with van der Waals surface area (Å²) in [4.78, 5) is 2.16. The van der Waals surface area contributed by atoms with Gasteiger partial charge in [0.15, 0.2) is 0 Å². The van der Waals surface area contributed by atoms with Crippen molar-refractivity contribution in [2.45, 2.75) is 30.7 Å². The number of aliphatic hydroxyl groups excluding tert-OH is 1. The first-order valence-electron chi connectivity index (χ1n) is 7.33. The first kappa shape index (κ1) is 14.7. The second kappa shape index (κ2) is 6.27. The molecule has 1 aromatic rings. The molecule has 1 aromatic carbocycles. The Morgan fingerprint density at radius 1 is 1.33 bits per heavy atom. The van der Waals surface area contributed by atoms with E-state index in [0.717, 1.165) is 13.1 Å².